The highest BCUT2D eigenvalue weighted by molar-refractivity contribution is 5.90. The van der Waals surface area contributed by atoms with Gasteiger partial charge in [-0.05, 0) is 25.8 Å². The molecular formula is C12H23NO4. The molecule has 1 unspecified atom stereocenters. The van der Waals surface area contributed by atoms with E-state index in [1.165, 1.54) is 12.8 Å². The van der Waals surface area contributed by atoms with Crippen molar-refractivity contribution < 1.29 is 19.4 Å². The lowest BCUT2D eigenvalue weighted by molar-refractivity contribution is -0.157. The molecule has 5 nitrogen and oxygen atoms in total. The highest BCUT2D eigenvalue weighted by atomic mass is 16.6. The summed E-state index contributed by atoms with van der Waals surface area (Å²) in [4.78, 5) is 21.0. The highest BCUT2D eigenvalue weighted by Gasteiger charge is 2.18. The van der Waals surface area contributed by atoms with Crippen LogP contribution >= 0.6 is 0 Å². The molecule has 1 heterocycles. The minimum Gasteiger partial charge on any atom is -0.481 e. The third-order valence-electron chi connectivity index (χ3n) is 2.33. The topological polar surface area (TPSA) is 75.6 Å². The second kappa shape index (κ2) is 10.1. The Bertz CT molecular complexity index is 223. The highest BCUT2D eigenvalue weighted by Crippen LogP contribution is 2.08. The van der Waals surface area contributed by atoms with E-state index in [9.17, 15) is 9.59 Å². The van der Waals surface area contributed by atoms with Crippen molar-refractivity contribution in [1.29, 1.82) is 0 Å². The molecule has 0 amide bonds. The quantitative estimate of drug-likeness (QED) is 0.584. The van der Waals surface area contributed by atoms with Crippen LogP contribution in [0, 0.1) is 0 Å². The summed E-state index contributed by atoms with van der Waals surface area (Å²) >= 11 is 0. The van der Waals surface area contributed by atoms with Crippen molar-refractivity contribution in [1.82, 2.24) is 5.32 Å². The average molecular weight is 245 g/mol. The molecule has 2 N–H and O–H groups in total. The SMILES string of the molecule is CCCC.O=C(O)CC(=O)OC1CCCCN1. The third-order valence-corrected chi connectivity index (χ3v) is 2.33. The number of unbranched alkanes of at least 4 members (excludes halogenated alkanes) is 1. The van der Waals surface area contributed by atoms with Crippen LogP contribution in [0.3, 0.4) is 0 Å². The number of carboxylic acid groups (broad SMARTS) is 1. The lowest BCUT2D eigenvalue weighted by Crippen LogP contribution is -2.38. The van der Waals surface area contributed by atoms with Gasteiger partial charge >= 0.3 is 11.9 Å². The van der Waals surface area contributed by atoms with Crippen LogP contribution in [0.15, 0.2) is 0 Å². The summed E-state index contributed by atoms with van der Waals surface area (Å²) in [6.07, 6.45) is 4.65. The maximum absolute atomic E-state index is 10.9. The summed E-state index contributed by atoms with van der Waals surface area (Å²) in [6.45, 7) is 5.19. The summed E-state index contributed by atoms with van der Waals surface area (Å²) in [7, 11) is 0. The lowest BCUT2D eigenvalue weighted by Gasteiger charge is -2.22. The number of hydrogen-bond donors (Lipinski definition) is 2. The van der Waals surface area contributed by atoms with Crippen LogP contribution in [0.1, 0.15) is 52.4 Å². The number of piperidine rings is 1. The molecule has 1 atom stereocenters. The van der Waals surface area contributed by atoms with E-state index in [1.54, 1.807) is 0 Å². The number of hydrogen-bond acceptors (Lipinski definition) is 4. The van der Waals surface area contributed by atoms with Gasteiger partial charge in [0.1, 0.15) is 6.42 Å². The molecule has 100 valence electrons. The number of ether oxygens (including phenoxy) is 1. The molecule has 0 saturated carbocycles. The Morgan fingerprint density at radius 3 is 2.35 bits per heavy atom. The molecule has 0 aromatic rings. The number of carbonyl (C=O) groups is 2. The monoisotopic (exact) mass is 245 g/mol. The van der Waals surface area contributed by atoms with Gasteiger partial charge in [-0.1, -0.05) is 26.7 Å². The predicted molar refractivity (Wildman–Crippen MR) is 64.6 cm³/mol. The molecule has 0 spiro atoms. The number of rotatable bonds is 4. The molecule has 1 fully saturated rings. The van der Waals surface area contributed by atoms with Gasteiger partial charge in [0, 0.05) is 0 Å². The molecule has 1 rings (SSSR count). The molecule has 0 aromatic heterocycles. The number of aliphatic carboxylic acids is 1. The smallest absolute Gasteiger partial charge is 0.318 e. The summed E-state index contributed by atoms with van der Waals surface area (Å²) in [6, 6.07) is 0. The van der Waals surface area contributed by atoms with Gasteiger partial charge in [0.05, 0.1) is 0 Å². The van der Waals surface area contributed by atoms with E-state index >= 15 is 0 Å². The Labute approximate surface area is 103 Å². The number of carbonyl (C=O) groups excluding carboxylic acids is 1. The Kier molecular flexibility index (Phi) is 9.43. The van der Waals surface area contributed by atoms with Gasteiger partial charge in [0.15, 0.2) is 6.23 Å². The van der Waals surface area contributed by atoms with Crippen LogP contribution < -0.4 is 5.32 Å². The first-order valence-corrected chi connectivity index (χ1v) is 6.24. The van der Waals surface area contributed by atoms with Gasteiger partial charge in [-0.2, -0.15) is 0 Å². The summed E-state index contributed by atoms with van der Waals surface area (Å²) in [5.74, 6) is -1.83. The van der Waals surface area contributed by atoms with Crippen LogP contribution in [0.2, 0.25) is 0 Å². The first-order valence-electron chi connectivity index (χ1n) is 6.24. The summed E-state index contributed by atoms with van der Waals surface area (Å²) in [5, 5.41) is 11.3. The van der Waals surface area contributed by atoms with Crippen molar-refractivity contribution >= 4 is 11.9 Å². The second-order valence-electron chi connectivity index (χ2n) is 4.00. The zero-order valence-corrected chi connectivity index (χ0v) is 10.7. The van der Waals surface area contributed by atoms with Crippen molar-refractivity contribution in [3.63, 3.8) is 0 Å². The van der Waals surface area contributed by atoms with Crippen LogP contribution in [0.25, 0.3) is 0 Å². The molecule has 1 saturated heterocycles. The fourth-order valence-electron chi connectivity index (χ4n) is 1.24. The normalized spacial score (nSPS) is 18.8. The first-order chi connectivity index (χ1) is 8.10. The van der Waals surface area contributed by atoms with E-state index in [0.29, 0.717) is 0 Å². The van der Waals surface area contributed by atoms with Crippen LogP contribution in [0.5, 0.6) is 0 Å². The van der Waals surface area contributed by atoms with E-state index in [1.807, 2.05) is 0 Å². The Morgan fingerprint density at radius 2 is 1.94 bits per heavy atom. The van der Waals surface area contributed by atoms with Crippen molar-refractivity contribution in [2.75, 3.05) is 6.54 Å². The van der Waals surface area contributed by atoms with Gasteiger partial charge in [0.2, 0.25) is 0 Å². The fraction of sp³-hybridized carbons (Fsp3) is 0.833. The molecule has 5 heteroatoms. The van der Waals surface area contributed by atoms with E-state index in [2.05, 4.69) is 19.2 Å². The van der Waals surface area contributed by atoms with Gasteiger partial charge in [-0.3, -0.25) is 14.9 Å². The first kappa shape index (κ1) is 15.9. The number of esters is 1. The molecule has 0 bridgehead atoms. The molecule has 17 heavy (non-hydrogen) atoms. The van der Waals surface area contributed by atoms with E-state index in [4.69, 9.17) is 9.84 Å². The second-order valence-corrected chi connectivity index (χ2v) is 4.00. The number of carboxylic acids is 1. The Balaban J connectivity index is 0.000000557. The van der Waals surface area contributed by atoms with E-state index in [-0.39, 0.29) is 6.23 Å². The van der Waals surface area contributed by atoms with Crippen LogP contribution in [-0.4, -0.2) is 29.8 Å². The van der Waals surface area contributed by atoms with Gasteiger partial charge in [-0.15, -0.1) is 0 Å². The van der Waals surface area contributed by atoms with Crippen molar-refractivity contribution in [3.05, 3.63) is 0 Å². The maximum Gasteiger partial charge on any atom is 0.318 e. The van der Waals surface area contributed by atoms with E-state index < -0.39 is 18.4 Å². The molecular weight excluding hydrogens is 222 g/mol. The minimum atomic E-state index is -1.15. The predicted octanol–water partition coefficient (Wildman–Crippen LogP) is 1.91. The van der Waals surface area contributed by atoms with Gasteiger partial charge in [-0.25, -0.2) is 0 Å². The lowest BCUT2D eigenvalue weighted by atomic mass is 10.1. The van der Waals surface area contributed by atoms with Gasteiger partial charge < -0.3 is 9.84 Å². The molecule has 0 radical (unpaired) electrons. The molecule has 1 aliphatic heterocycles. The van der Waals surface area contributed by atoms with Crippen molar-refractivity contribution in [2.45, 2.75) is 58.6 Å². The van der Waals surface area contributed by atoms with Crippen LogP contribution in [0.4, 0.5) is 0 Å². The Morgan fingerprint density at radius 1 is 1.29 bits per heavy atom. The standard InChI is InChI=1S/C8H13NO4.C4H10/c10-7(11)5-8(12)13-6-3-1-2-4-9-6;1-3-4-2/h6,9H,1-5H2,(H,10,11);3-4H2,1-2H3. The van der Waals surface area contributed by atoms with Gasteiger partial charge in [0.25, 0.3) is 0 Å². The zero-order valence-electron chi connectivity index (χ0n) is 10.7. The summed E-state index contributed by atoms with van der Waals surface area (Å²) in [5.41, 5.74) is 0. The van der Waals surface area contributed by atoms with Crippen LogP contribution in [-0.2, 0) is 14.3 Å². The largest absolute Gasteiger partial charge is 0.481 e. The average Bonchev–Trinajstić information content (AvgIpc) is 2.29. The zero-order chi connectivity index (χ0) is 13.1. The third kappa shape index (κ3) is 9.81. The number of nitrogens with one attached hydrogen (secondary N) is 1. The van der Waals surface area contributed by atoms with Crippen molar-refractivity contribution in [2.24, 2.45) is 0 Å². The Hall–Kier alpha value is -1.10. The molecule has 0 aliphatic carbocycles. The fourth-order valence-corrected chi connectivity index (χ4v) is 1.24. The molecule has 0 aromatic carbocycles. The summed E-state index contributed by atoms with van der Waals surface area (Å²) < 4.78 is 4.87. The molecule has 1 aliphatic rings. The van der Waals surface area contributed by atoms with E-state index in [0.717, 1.165) is 25.8 Å². The minimum absolute atomic E-state index is 0.291. The van der Waals surface area contributed by atoms with Crippen molar-refractivity contribution in [3.8, 4) is 0 Å². The maximum atomic E-state index is 10.9.